The van der Waals surface area contributed by atoms with E-state index >= 15 is 0 Å². The third kappa shape index (κ3) is 1.27. The zero-order chi connectivity index (χ0) is 25.4. The molecule has 0 N–H and O–H groups in total. The molecule has 4 aliphatic rings. The van der Waals surface area contributed by atoms with Crippen molar-refractivity contribution in [2.75, 3.05) is 20.6 Å². The Kier molecular flexibility index (Phi) is 1.07. The molecule has 1 saturated heterocycles. The Morgan fingerprint density at radius 2 is 2.59 bits per heavy atom. The van der Waals surface area contributed by atoms with Gasteiger partial charge in [0.25, 0.3) is 0 Å². The van der Waals surface area contributed by atoms with Crippen molar-refractivity contribution in [2.24, 2.45) is 5.92 Å². The fraction of sp³-hybridized carbons (Fsp3) is 0.611. The molecule has 4 nitrogen and oxygen atoms in total. The van der Waals surface area contributed by atoms with Crippen LogP contribution in [0, 0.1) is 5.92 Å². The lowest BCUT2D eigenvalue weighted by Crippen LogP contribution is -2.65. The normalized spacial score (nSPS) is 56.5. The summed E-state index contributed by atoms with van der Waals surface area (Å²) in [5.41, 5.74) is -2.37. The van der Waals surface area contributed by atoms with E-state index in [9.17, 15) is 6.17 Å². The highest BCUT2D eigenvalue weighted by molar-refractivity contribution is 5.89. The van der Waals surface area contributed by atoms with Crippen LogP contribution in [0.1, 0.15) is 46.8 Å². The van der Waals surface area contributed by atoms with Crippen LogP contribution >= 0.6 is 0 Å². The van der Waals surface area contributed by atoms with Gasteiger partial charge in [-0.3, -0.25) is 4.79 Å². The van der Waals surface area contributed by atoms with Crippen molar-refractivity contribution >= 4 is 5.78 Å². The zero-order valence-corrected chi connectivity index (χ0v) is 11.6. The molecular formula is C18H21NO3. The van der Waals surface area contributed by atoms with Crippen LogP contribution in [0.25, 0.3) is 0 Å². The molecule has 1 spiro atoms. The summed E-state index contributed by atoms with van der Waals surface area (Å²) in [5, 5.41) is 0. The number of rotatable bonds is 1. The number of likely N-dealkylation sites (N-methyl/N-ethyl adjacent to an activating group) is 1. The van der Waals surface area contributed by atoms with Crippen molar-refractivity contribution in [3.8, 4) is 11.5 Å². The number of piperidine rings is 1. The monoisotopic (exact) mass is 311 g/mol. The molecule has 1 unspecified atom stereocenters. The van der Waals surface area contributed by atoms with E-state index in [4.69, 9.17) is 24.6 Å². The van der Waals surface area contributed by atoms with Gasteiger partial charge in [0.1, 0.15) is 0 Å². The molecule has 2 bridgehead atoms. The van der Waals surface area contributed by atoms with Gasteiger partial charge in [0.05, 0.1) is 15.3 Å². The number of benzene rings is 1. The molecule has 2 heterocycles. The third-order valence-corrected chi connectivity index (χ3v) is 5.25. The second kappa shape index (κ2) is 4.05. The molecule has 4 heteroatoms. The van der Waals surface area contributed by atoms with Gasteiger partial charge in [0, 0.05) is 31.6 Å². The molecule has 5 rings (SSSR count). The van der Waals surface area contributed by atoms with E-state index in [2.05, 4.69) is 0 Å². The van der Waals surface area contributed by atoms with E-state index in [1.54, 1.807) is 0 Å². The quantitative estimate of drug-likeness (QED) is 0.794. The van der Waals surface area contributed by atoms with Crippen molar-refractivity contribution in [1.82, 2.24) is 4.90 Å². The maximum atomic E-state index is 13.1. The fourth-order valence-corrected chi connectivity index (χ4v) is 4.40. The SMILES string of the molecule is [2H]c1c([2H])c2c3c(c1OC([2H])([2H])[2H])OC1([2H])C(=O)CC[C@@H]4[C@@]31CCN(C([2H])([2H])[2H])[C@]4([2H])C2([2H])[2H]. The summed E-state index contributed by atoms with van der Waals surface area (Å²) >= 11 is 0. The van der Waals surface area contributed by atoms with Crippen LogP contribution in [0.5, 0.6) is 11.5 Å². The first-order valence-electron chi connectivity index (χ1n) is 13.2. The molecule has 116 valence electrons. The van der Waals surface area contributed by atoms with E-state index in [0.717, 1.165) is 4.90 Å². The first kappa shape index (κ1) is 5.82. The molecule has 4 atom stereocenters. The van der Waals surface area contributed by atoms with Crippen LogP contribution in [-0.2, 0) is 16.6 Å². The van der Waals surface area contributed by atoms with Crippen molar-refractivity contribution < 1.29 is 30.7 Å². The van der Waals surface area contributed by atoms with Crippen LogP contribution in [0.2, 0.25) is 0 Å². The standard InChI is InChI=1S/C18H21NO3/c1-19-8-7-18-11-4-5-13(20)17(18)22-16-14(21-2)6-3-10(15(16)18)9-12(11)19/h3,6,11-12,17H,4-5,7-9H2,1-2H3/t11-,12+,17?,18-/m0/s1/i1D3,2D3,3D,6D,9D2,12D,17D. The van der Waals surface area contributed by atoms with E-state index in [1.165, 1.54) is 0 Å². The molecule has 1 aromatic rings. The number of nitrogens with zero attached hydrogens (tertiary/aromatic N) is 1. The Hall–Kier alpha value is -1.55. The minimum Gasteiger partial charge on any atom is -0.493 e. The number of ether oxygens (including phenoxy) is 2. The Balaban J connectivity index is 1.94. The highest BCUT2D eigenvalue weighted by Gasteiger charge is 2.65. The minimum absolute atomic E-state index is 0.0945. The van der Waals surface area contributed by atoms with Gasteiger partial charge >= 0.3 is 0 Å². The smallest absolute Gasteiger partial charge is 0.174 e. The van der Waals surface area contributed by atoms with Gasteiger partial charge in [-0.25, -0.2) is 0 Å². The summed E-state index contributed by atoms with van der Waals surface area (Å²) < 4.78 is 110. The molecule has 0 radical (unpaired) electrons. The Morgan fingerprint density at radius 3 is 3.45 bits per heavy atom. The van der Waals surface area contributed by atoms with E-state index < -0.39 is 78.7 Å². The highest BCUT2D eigenvalue weighted by Crippen LogP contribution is 2.62. The van der Waals surface area contributed by atoms with Gasteiger partial charge in [-0.1, -0.05) is 6.04 Å². The lowest BCUT2D eigenvalue weighted by atomic mass is 9.52. The average molecular weight is 311 g/mol. The number of methoxy groups -OCH3 is 1. The number of ketones is 1. The van der Waals surface area contributed by atoms with Crippen LogP contribution in [0.3, 0.4) is 0 Å². The number of Topliss-reactive ketones (excluding diaryl/α,β-unsaturated/α-hetero) is 1. The van der Waals surface area contributed by atoms with E-state index in [1.807, 2.05) is 0 Å². The summed E-state index contributed by atoms with van der Waals surface area (Å²) in [6.07, 6.45) is -5.80. The van der Waals surface area contributed by atoms with Gasteiger partial charge in [0.15, 0.2) is 23.4 Å². The molecule has 2 fully saturated rings. The Labute approximate surface area is 147 Å². The lowest BCUT2D eigenvalue weighted by Gasteiger charge is -2.57. The number of hydrogen-bond donors (Lipinski definition) is 0. The van der Waals surface area contributed by atoms with Gasteiger partial charge in [-0.15, -0.1) is 0 Å². The first-order chi connectivity index (χ1) is 15.4. The molecule has 0 amide bonds. The van der Waals surface area contributed by atoms with Crippen LogP contribution in [-0.4, -0.2) is 43.3 Å². The molecular weight excluding hydrogens is 278 g/mol. The Bertz CT molecular complexity index is 1130. The van der Waals surface area contributed by atoms with Crippen LogP contribution in [0.15, 0.2) is 12.1 Å². The summed E-state index contributed by atoms with van der Waals surface area (Å²) in [6, 6.07) is -4.16. The van der Waals surface area contributed by atoms with Crippen LogP contribution in [0.4, 0.5) is 0 Å². The average Bonchev–Trinajstić information content (AvgIpc) is 2.93. The minimum atomic E-state index is -3.07. The molecule has 2 aliphatic heterocycles. The van der Waals surface area contributed by atoms with E-state index in [0.29, 0.717) is 0 Å². The highest BCUT2D eigenvalue weighted by atomic mass is 16.5. The summed E-state index contributed by atoms with van der Waals surface area (Å²) in [6.45, 7) is -3.25. The predicted molar refractivity (Wildman–Crippen MR) is 81.6 cm³/mol. The van der Waals surface area contributed by atoms with Crippen molar-refractivity contribution in [2.45, 2.75) is 43.1 Å². The lowest BCUT2D eigenvalue weighted by molar-refractivity contribution is -0.138. The van der Waals surface area contributed by atoms with Crippen molar-refractivity contribution in [1.29, 1.82) is 0 Å². The first-order valence-corrected chi connectivity index (χ1v) is 7.23. The fourth-order valence-electron chi connectivity index (χ4n) is 4.40. The maximum absolute atomic E-state index is 13.1. The van der Waals surface area contributed by atoms with Crippen molar-refractivity contribution in [3.63, 3.8) is 0 Å². The van der Waals surface area contributed by atoms with Gasteiger partial charge in [-0.05, 0) is 50.3 Å². The molecule has 1 saturated carbocycles. The Morgan fingerprint density at radius 1 is 1.64 bits per heavy atom. The third-order valence-electron chi connectivity index (χ3n) is 5.25. The van der Waals surface area contributed by atoms with E-state index in [-0.39, 0.29) is 31.4 Å². The number of carbonyl (C=O) groups excluding carboxylic acids is 1. The van der Waals surface area contributed by atoms with Gasteiger partial charge < -0.3 is 14.4 Å². The maximum Gasteiger partial charge on any atom is 0.174 e. The largest absolute Gasteiger partial charge is 0.493 e. The second-order valence-electron chi connectivity index (χ2n) is 6.09. The van der Waals surface area contributed by atoms with Crippen LogP contribution < -0.4 is 9.47 Å². The topological polar surface area (TPSA) is 38.8 Å². The van der Waals surface area contributed by atoms with Gasteiger partial charge in [-0.2, -0.15) is 0 Å². The molecule has 22 heavy (non-hydrogen) atoms. The predicted octanol–water partition coefficient (Wildman–Crippen LogP) is 1.93. The molecule has 2 aliphatic carbocycles. The number of carbonyl (C=O) groups is 1. The summed E-state index contributed by atoms with van der Waals surface area (Å²) in [7, 11) is -3.07. The zero-order valence-electron chi connectivity index (χ0n) is 23.6. The molecule has 0 aromatic heterocycles. The summed E-state index contributed by atoms with van der Waals surface area (Å²) in [4.78, 5) is 13.9. The van der Waals surface area contributed by atoms with Crippen molar-refractivity contribution in [3.05, 3.63) is 23.2 Å². The molecule has 1 aromatic carbocycles. The number of likely N-dealkylation sites (tertiary alicyclic amines) is 1. The van der Waals surface area contributed by atoms with Gasteiger partial charge in [0.2, 0.25) is 0 Å². The number of hydrogen-bond acceptors (Lipinski definition) is 4. The second-order valence-corrected chi connectivity index (χ2v) is 6.09. The summed E-state index contributed by atoms with van der Waals surface area (Å²) in [5.74, 6) is -3.05.